The number of amides is 2. The molecular formula is C8H16N2O. The van der Waals surface area contributed by atoms with E-state index < -0.39 is 0 Å². The van der Waals surface area contributed by atoms with Crippen LogP contribution in [0.3, 0.4) is 0 Å². The van der Waals surface area contributed by atoms with E-state index in [9.17, 15) is 4.79 Å². The normalized spacial score (nSPS) is 11.9. The van der Waals surface area contributed by atoms with E-state index in [2.05, 4.69) is 11.9 Å². The predicted molar refractivity (Wildman–Crippen MR) is 46.5 cm³/mol. The number of hydrogen-bond acceptors (Lipinski definition) is 1. The summed E-state index contributed by atoms with van der Waals surface area (Å²) in [5.41, 5.74) is 0. The van der Waals surface area contributed by atoms with Crippen LogP contribution in [0.1, 0.15) is 13.3 Å². The molecule has 0 heterocycles. The Hall–Kier alpha value is -0.990. The van der Waals surface area contributed by atoms with Gasteiger partial charge in [0.05, 0.1) is 0 Å². The van der Waals surface area contributed by atoms with Gasteiger partial charge < -0.3 is 10.2 Å². The van der Waals surface area contributed by atoms with Crippen molar-refractivity contribution >= 4 is 6.03 Å². The molecule has 2 amide bonds. The zero-order chi connectivity index (χ0) is 8.85. The van der Waals surface area contributed by atoms with Crippen LogP contribution in [0.15, 0.2) is 12.7 Å². The van der Waals surface area contributed by atoms with Crippen molar-refractivity contribution in [1.82, 2.24) is 10.2 Å². The first-order valence-electron chi connectivity index (χ1n) is 3.72. The summed E-state index contributed by atoms with van der Waals surface area (Å²) >= 11 is 0. The van der Waals surface area contributed by atoms with E-state index in [1.54, 1.807) is 20.2 Å². The fourth-order valence-corrected chi connectivity index (χ4v) is 0.615. The fourth-order valence-electron chi connectivity index (χ4n) is 0.615. The summed E-state index contributed by atoms with van der Waals surface area (Å²) in [7, 11) is 3.43. The summed E-state index contributed by atoms with van der Waals surface area (Å²) in [6.07, 6.45) is 2.62. The molecule has 1 unspecified atom stereocenters. The summed E-state index contributed by atoms with van der Waals surface area (Å²) in [4.78, 5) is 12.5. The highest BCUT2D eigenvalue weighted by molar-refractivity contribution is 5.74. The molecule has 0 aromatic heterocycles. The molecule has 0 aliphatic carbocycles. The van der Waals surface area contributed by atoms with Crippen LogP contribution in [-0.2, 0) is 0 Å². The van der Waals surface area contributed by atoms with Gasteiger partial charge in [-0.15, -0.1) is 6.58 Å². The van der Waals surface area contributed by atoms with Crippen LogP contribution in [0.4, 0.5) is 4.79 Å². The molecule has 3 nitrogen and oxygen atoms in total. The Balaban J connectivity index is 3.81. The maximum atomic E-state index is 11.0. The lowest BCUT2D eigenvalue weighted by molar-refractivity contribution is 0.215. The molecule has 1 atom stereocenters. The van der Waals surface area contributed by atoms with Crippen molar-refractivity contribution in [2.75, 3.05) is 14.1 Å². The highest BCUT2D eigenvalue weighted by atomic mass is 16.2. The summed E-state index contributed by atoms with van der Waals surface area (Å²) in [5.74, 6) is 0. The van der Waals surface area contributed by atoms with E-state index in [0.29, 0.717) is 0 Å². The number of hydrogen-bond donors (Lipinski definition) is 1. The zero-order valence-corrected chi connectivity index (χ0v) is 7.42. The van der Waals surface area contributed by atoms with Gasteiger partial charge in [0.2, 0.25) is 0 Å². The van der Waals surface area contributed by atoms with Gasteiger partial charge in [0, 0.05) is 20.1 Å². The molecule has 0 saturated heterocycles. The molecule has 11 heavy (non-hydrogen) atoms. The molecule has 0 saturated carbocycles. The number of urea groups is 1. The molecule has 0 fully saturated rings. The first-order valence-corrected chi connectivity index (χ1v) is 3.72. The van der Waals surface area contributed by atoms with Crippen LogP contribution < -0.4 is 5.32 Å². The minimum Gasteiger partial charge on any atom is -0.332 e. The van der Waals surface area contributed by atoms with E-state index in [0.717, 1.165) is 6.42 Å². The van der Waals surface area contributed by atoms with Crippen molar-refractivity contribution in [3.05, 3.63) is 12.7 Å². The maximum absolute atomic E-state index is 11.0. The highest BCUT2D eigenvalue weighted by Gasteiger charge is 2.06. The molecule has 64 valence electrons. The molecule has 0 aromatic rings. The Bertz CT molecular complexity index is 143. The third-order valence-corrected chi connectivity index (χ3v) is 1.44. The van der Waals surface area contributed by atoms with E-state index in [-0.39, 0.29) is 12.1 Å². The second-order valence-electron chi connectivity index (χ2n) is 2.59. The van der Waals surface area contributed by atoms with Gasteiger partial charge >= 0.3 is 6.03 Å². The number of rotatable bonds is 3. The molecule has 3 heteroatoms. The van der Waals surface area contributed by atoms with Crippen LogP contribution in [-0.4, -0.2) is 31.1 Å². The lowest BCUT2D eigenvalue weighted by atomic mass is 10.2. The topological polar surface area (TPSA) is 32.3 Å². The number of nitrogens with zero attached hydrogens (tertiary/aromatic N) is 1. The molecule has 0 aliphatic rings. The monoisotopic (exact) mass is 156 g/mol. The lowest BCUT2D eigenvalue weighted by Gasteiger charge is -2.16. The van der Waals surface area contributed by atoms with E-state index >= 15 is 0 Å². The van der Waals surface area contributed by atoms with Gasteiger partial charge in [0.25, 0.3) is 0 Å². The van der Waals surface area contributed by atoms with Crippen LogP contribution in [0, 0.1) is 0 Å². The van der Waals surface area contributed by atoms with E-state index in [1.807, 2.05) is 6.92 Å². The molecule has 0 aromatic carbocycles. The van der Waals surface area contributed by atoms with Gasteiger partial charge in [-0.05, 0) is 6.42 Å². The van der Waals surface area contributed by atoms with Gasteiger partial charge in [0.15, 0.2) is 0 Å². The van der Waals surface area contributed by atoms with Gasteiger partial charge in [-0.1, -0.05) is 13.0 Å². The van der Waals surface area contributed by atoms with Crippen LogP contribution in [0.2, 0.25) is 0 Å². The van der Waals surface area contributed by atoms with Crippen molar-refractivity contribution in [3.8, 4) is 0 Å². The molecule has 0 bridgehead atoms. The van der Waals surface area contributed by atoms with Crippen molar-refractivity contribution in [1.29, 1.82) is 0 Å². The smallest absolute Gasteiger partial charge is 0.317 e. The van der Waals surface area contributed by atoms with Gasteiger partial charge in [-0.2, -0.15) is 0 Å². The summed E-state index contributed by atoms with van der Waals surface area (Å²) in [6.45, 7) is 5.61. The van der Waals surface area contributed by atoms with Crippen molar-refractivity contribution < 1.29 is 4.79 Å². The number of carbonyl (C=O) groups is 1. The van der Waals surface area contributed by atoms with E-state index in [4.69, 9.17) is 0 Å². The predicted octanol–water partition coefficient (Wildman–Crippen LogP) is 1.22. The van der Waals surface area contributed by atoms with Crippen LogP contribution >= 0.6 is 0 Å². The minimum atomic E-state index is -0.0725. The molecule has 0 aliphatic heterocycles. The van der Waals surface area contributed by atoms with Crippen molar-refractivity contribution in [2.45, 2.75) is 19.4 Å². The van der Waals surface area contributed by atoms with Crippen molar-refractivity contribution in [2.24, 2.45) is 0 Å². The lowest BCUT2D eigenvalue weighted by Crippen LogP contribution is -2.40. The zero-order valence-electron chi connectivity index (χ0n) is 7.42. The molecular weight excluding hydrogens is 140 g/mol. The SMILES string of the molecule is C=CC(CC)NC(=O)N(C)C. The molecule has 0 radical (unpaired) electrons. The largest absolute Gasteiger partial charge is 0.332 e. The van der Waals surface area contributed by atoms with Gasteiger partial charge in [0.1, 0.15) is 0 Å². The minimum absolute atomic E-state index is 0.0725. The molecule has 0 spiro atoms. The summed E-state index contributed by atoms with van der Waals surface area (Å²) in [6, 6.07) is 0.0154. The summed E-state index contributed by atoms with van der Waals surface area (Å²) < 4.78 is 0. The Labute approximate surface area is 68.1 Å². The Morgan fingerprint density at radius 1 is 1.73 bits per heavy atom. The van der Waals surface area contributed by atoms with Crippen LogP contribution in [0.25, 0.3) is 0 Å². The first-order chi connectivity index (χ1) is 5.11. The molecule has 1 N–H and O–H groups in total. The first kappa shape index (κ1) is 10.0. The third-order valence-electron chi connectivity index (χ3n) is 1.44. The van der Waals surface area contributed by atoms with Gasteiger partial charge in [-0.3, -0.25) is 0 Å². The third kappa shape index (κ3) is 3.65. The number of nitrogens with one attached hydrogen (secondary N) is 1. The highest BCUT2D eigenvalue weighted by Crippen LogP contribution is 1.91. The number of carbonyl (C=O) groups excluding carboxylic acids is 1. The standard InChI is InChI=1S/C8H16N2O/c1-5-7(6-2)9-8(11)10(3)4/h5,7H,1,6H2,2-4H3,(H,9,11). The second kappa shape index (κ2) is 4.77. The average molecular weight is 156 g/mol. The fraction of sp³-hybridized carbons (Fsp3) is 0.625. The quantitative estimate of drug-likeness (QED) is 0.612. The maximum Gasteiger partial charge on any atom is 0.317 e. The van der Waals surface area contributed by atoms with Crippen LogP contribution in [0.5, 0.6) is 0 Å². The Morgan fingerprint density at radius 3 is 2.55 bits per heavy atom. The van der Waals surface area contributed by atoms with Crippen molar-refractivity contribution in [3.63, 3.8) is 0 Å². The Morgan fingerprint density at radius 2 is 2.27 bits per heavy atom. The molecule has 0 rings (SSSR count). The Kier molecular flexibility index (Phi) is 4.34. The van der Waals surface area contributed by atoms with Gasteiger partial charge in [-0.25, -0.2) is 4.79 Å². The van der Waals surface area contributed by atoms with E-state index in [1.165, 1.54) is 4.90 Å². The summed E-state index contributed by atoms with van der Waals surface area (Å²) in [5, 5.41) is 2.78. The second-order valence-corrected chi connectivity index (χ2v) is 2.59. The average Bonchev–Trinajstić information content (AvgIpc) is 1.99.